The highest BCUT2D eigenvalue weighted by molar-refractivity contribution is 5.78. The summed E-state index contributed by atoms with van der Waals surface area (Å²) < 4.78 is 0. The summed E-state index contributed by atoms with van der Waals surface area (Å²) in [4.78, 5) is 14.2. The molecule has 94 valence electrons. The molecular weight excluding hydrogens is 200 g/mol. The standard InChI is InChI=1S/C13H26N2O/c1-4-12(5-2)13(16)14-10-11-6-8-15(3)9-7-11/h11-12H,4-10H2,1-3H3,(H,14,16). The zero-order chi connectivity index (χ0) is 12.0. The Hall–Kier alpha value is -0.570. The van der Waals surface area contributed by atoms with Crippen molar-refractivity contribution >= 4 is 5.91 Å². The van der Waals surface area contributed by atoms with Gasteiger partial charge < -0.3 is 10.2 Å². The number of hydrogen-bond acceptors (Lipinski definition) is 2. The molecule has 3 nitrogen and oxygen atoms in total. The van der Waals surface area contributed by atoms with E-state index in [1.165, 1.54) is 25.9 Å². The predicted molar refractivity (Wildman–Crippen MR) is 67.3 cm³/mol. The minimum Gasteiger partial charge on any atom is -0.356 e. The molecule has 0 aliphatic carbocycles. The van der Waals surface area contributed by atoms with Gasteiger partial charge in [-0.15, -0.1) is 0 Å². The highest BCUT2D eigenvalue weighted by atomic mass is 16.1. The van der Waals surface area contributed by atoms with E-state index >= 15 is 0 Å². The monoisotopic (exact) mass is 226 g/mol. The van der Waals surface area contributed by atoms with Crippen LogP contribution < -0.4 is 5.32 Å². The van der Waals surface area contributed by atoms with Crippen molar-refractivity contribution in [1.29, 1.82) is 0 Å². The van der Waals surface area contributed by atoms with Crippen LogP contribution in [0.1, 0.15) is 39.5 Å². The minimum absolute atomic E-state index is 0.214. The van der Waals surface area contributed by atoms with E-state index in [-0.39, 0.29) is 11.8 Å². The zero-order valence-corrected chi connectivity index (χ0v) is 11.0. The molecular formula is C13H26N2O. The molecule has 16 heavy (non-hydrogen) atoms. The van der Waals surface area contributed by atoms with Gasteiger partial charge in [-0.05, 0) is 51.7 Å². The Bertz CT molecular complexity index is 206. The molecule has 0 radical (unpaired) electrons. The van der Waals surface area contributed by atoms with Gasteiger partial charge >= 0.3 is 0 Å². The topological polar surface area (TPSA) is 32.3 Å². The van der Waals surface area contributed by atoms with Crippen LogP contribution >= 0.6 is 0 Å². The van der Waals surface area contributed by atoms with E-state index in [0.29, 0.717) is 5.92 Å². The molecule has 0 unspecified atom stereocenters. The summed E-state index contributed by atoms with van der Waals surface area (Å²) >= 11 is 0. The summed E-state index contributed by atoms with van der Waals surface area (Å²) in [6.45, 7) is 7.40. The van der Waals surface area contributed by atoms with Crippen molar-refractivity contribution in [2.24, 2.45) is 11.8 Å². The van der Waals surface area contributed by atoms with Gasteiger partial charge in [0.1, 0.15) is 0 Å². The SMILES string of the molecule is CCC(CC)C(=O)NCC1CCN(C)CC1. The molecule has 0 aromatic carbocycles. The van der Waals surface area contributed by atoms with Gasteiger partial charge in [-0.3, -0.25) is 4.79 Å². The third kappa shape index (κ3) is 4.12. The van der Waals surface area contributed by atoms with Crippen molar-refractivity contribution < 1.29 is 4.79 Å². The molecule has 0 bridgehead atoms. The normalized spacial score (nSPS) is 19.0. The van der Waals surface area contributed by atoms with Gasteiger partial charge in [0.2, 0.25) is 5.91 Å². The van der Waals surface area contributed by atoms with Crippen LogP contribution in [0.5, 0.6) is 0 Å². The fourth-order valence-electron chi connectivity index (χ4n) is 2.31. The molecule has 1 rings (SSSR count). The summed E-state index contributed by atoms with van der Waals surface area (Å²) in [5.74, 6) is 1.16. The van der Waals surface area contributed by atoms with E-state index in [2.05, 4.69) is 31.1 Å². The summed E-state index contributed by atoms with van der Waals surface area (Å²) in [6.07, 6.45) is 4.35. The van der Waals surface area contributed by atoms with E-state index in [1.54, 1.807) is 0 Å². The molecule has 0 aromatic rings. The number of nitrogens with zero attached hydrogens (tertiary/aromatic N) is 1. The first-order chi connectivity index (χ1) is 7.67. The van der Waals surface area contributed by atoms with Crippen LogP contribution in [0, 0.1) is 11.8 Å². The van der Waals surface area contributed by atoms with Gasteiger partial charge in [-0.1, -0.05) is 13.8 Å². The van der Waals surface area contributed by atoms with E-state index in [9.17, 15) is 4.79 Å². The Balaban J connectivity index is 2.21. The first kappa shape index (κ1) is 13.5. The minimum atomic E-state index is 0.214. The maximum atomic E-state index is 11.8. The number of likely N-dealkylation sites (tertiary alicyclic amines) is 1. The maximum absolute atomic E-state index is 11.8. The second kappa shape index (κ2) is 6.89. The average Bonchev–Trinajstić information content (AvgIpc) is 2.30. The van der Waals surface area contributed by atoms with E-state index in [1.807, 2.05) is 0 Å². The van der Waals surface area contributed by atoms with Gasteiger partial charge in [0.05, 0.1) is 0 Å². The molecule has 1 amide bonds. The molecule has 3 heteroatoms. The lowest BCUT2D eigenvalue weighted by Crippen LogP contribution is -2.38. The quantitative estimate of drug-likeness (QED) is 0.776. The van der Waals surface area contributed by atoms with Crippen molar-refractivity contribution in [2.75, 3.05) is 26.7 Å². The van der Waals surface area contributed by atoms with Crippen LogP contribution in [0.2, 0.25) is 0 Å². The third-order valence-electron chi connectivity index (χ3n) is 3.76. The summed E-state index contributed by atoms with van der Waals surface area (Å²) in [5, 5.41) is 3.11. The van der Waals surface area contributed by atoms with Crippen LogP contribution in [0.3, 0.4) is 0 Å². The largest absolute Gasteiger partial charge is 0.356 e. The van der Waals surface area contributed by atoms with Gasteiger partial charge in [0.25, 0.3) is 0 Å². The number of piperidine rings is 1. The van der Waals surface area contributed by atoms with Crippen LogP contribution in [0.25, 0.3) is 0 Å². The molecule has 1 N–H and O–H groups in total. The second-order valence-corrected chi connectivity index (χ2v) is 5.01. The number of rotatable bonds is 5. The molecule has 1 aliphatic rings. The Morgan fingerprint density at radius 3 is 2.38 bits per heavy atom. The Labute approximate surface area is 99.6 Å². The molecule has 1 saturated heterocycles. The van der Waals surface area contributed by atoms with Crippen molar-refractivity contribution in [1.82, 2.24) is 10.2 Å². The summed E-state index contributed by atoms with van der Waals surface area (Å²) in [6, 6.07) is 0. The zero-order valence-electron chi connectivity index (χ0n) is 11.0. The van der Waals surface area contributed by atoms with Gasteiger partial charge in [0.15, 0.2) is 0 Å². The van der Waals surface area contributed by atoms with E-state index in [4.69, 9.17) is 0 Å². The average molecular weight is 226 g/mol. The highest BCUT2D eigenvalue weighted by Gasteiger charge is 2.19. The lowest BCUT2D eigenvalue weighted by atomic mass is 9.96. The number of nitrogens with one attached hydrogen (secondary N) is 1. The fourth-order valence-corrected chi connectivity index (χ4v) is 2.31. The lowest BCUT2D eigenvalue weighted by Gasteiger charge is -2.29. The van der Waals surface area contributed by atoms with Gasteiger partial charge in [-0.25, -0.2) is 0 Å². The summed E-state index contributed by atoms with van der Waals surface area (Å²) in [5.41, 5.74) is 0. The van der Waals surface area contributed by atoms with Crippen LogP contribution in [0.15, 0.2) is 0 Å². The molecule has 1 heterocycles. The van der Waals surface area contributed by atoms with Gasteiger partial charge in [-0.2, -0.15) is 0 Å². The van der Waals surface area contributed by atoms with Crippen LogP contribution in [0.4, 0.5) is 0 Å². The molecule has 1 aliphatic heterocycles. The Morgan fingerprint density at radius 2 is 1.88 bits per heavy atom. The van der Waals surface area contributed by atoms with Gasteiger partial charge in [0, 0.05) is 12.5 Å². The number of hydrogen-bond donors (Lipinski definition) is 1. The summed E-state index contributed by atoms with van der Waals surface area (Å²) in [7, 11) is 2.17. The van der Waals surface area contributed by atoms with Crippen molar-refractivity contribution in [3.05, 3.63) is 0 Å². The fraction of sp³-hybridized carbons (Fsp3) is 0.923. The lowest BCUT2D eigenvalue weighted by molar-refractivity contribution is -0.125. The van der Waals surface area contributed by atoms with E-state index in [0.717, 1.165) is 19.4 Å². The predicted octanol–water partition coefficient (Wildman–Crippen LogP) is 1.88. The Kier molecular flexibility index (Phi) is 5.81. The third-order valence-corrected chi connectivity index (χ3v) is 3.76. The maximum Gasteiger partial charge on any atom is 0.223 e. The molecule has 1 fully saturated rings. The molecule has 0 atom stereocenters. The molecule has 0 aromatic heterocycles. The number of carbonyl (C=O) groups excluding carboxylic acids is 1. The van der Waals surface area contributed by atoms with Crippen molar-refractivity contribution in [3.63, 3.8) is 0 Å². The highest BCUT2D eigenvalue weighted by Crippen LogP contribution is 2.15. The van der Waals surface area contributed by atoms with Crippen molar-refractivity contribution in [3.8, 4) is 0 Å². The first-order valence-corrected chi connectivity index (χ1v) is 6.63. The Morgan fingerprint density at radius 1 is 1.31 bits per heavy atom. The van der Waals surface area contributed by atoms with E-state index < -0.39 is 0 Å². The number of amides is 1. The molecule has 0 spiro atoms. The second-order valence-electron chi connectivity index (χ2n) is 5.01. The van der Waals surface area contributed by atoms with Crippen LogP contribution in [-0.2, 0) is 4.79 Å². The molecule has 0 saturated carbocycles. The van der Waals surface area contributed by atoms with Crippen LogP contribution in [-0.4, -0.2) is 37.5 Å². The number of carbonyl (C=O) groups is 1. The van der Waals surface area contributed by atoms with Crippen molar-refractivity contribution in [2.45, 2.75) is 39.5 Å². The smallest absolute Gasteiger partial charge is 0.223 e. The first-order valence-electron chi connectivity index (χ1n) is 6.63.